The molecule has 6 nitrogen and oxygen atoms in total. The van der Waals surface area contributed by atoms with Crippen molar-refractivity contribution in [2.75, 3.05) is 16.4 Å². The van der Waals surface area contributed by atoms with E-state index in [1.807, 2.05) is 6.07 Å². The second-order valence-electron chi connectivity index (χ2n) is 4.49. The fraction of sp³-hybridized carbons (Fsp3) is 0.231. The van der Waals surface area contributed by atoms with E-state index in [2.05, 4.69) is 15.8 Å². The first-order chi connectivity index (χ1) is 9.22. The summed E-state index contributed by atoms with van der Waals surface area (Å²) in [5.41, 5.74) is 10.1. The Kier molecular flexibility index (Phi) is 2.83. The van der Waals surface area contributed by atoms with E-state index in [1.54, 1.807) is 12.1 Å². The maximum Gasteiger partial charge on any atom is 0.224 e. The lowest BCUT2D eigenvalue weighted by Crippen LogP contribution is -2.19. The predicted octanol–water partition coefficient (Wildman–Crippen LogP) is 1.75. The summed E-state index contributed by atoms with van der Waals surface area (Å²) in [6, 6.07) is 5.56. The number of carbonyl (C=O) groups is 1. The highest BCUT2D eigenvalue weighted by Gasteiger charge is 2.16. The normalized spacial score (nSPS) is 13.8. The summed E-state index contributed by atoms with van der Waals surface area (Å²) in [6.07, 6.45) is 2.78. The maximum atomic E-state index is 11.3. The SMILES string of the molecule is Nc1cc2c(cc1NCc1ccon1)CCC(=O)N2. The fourth-order valence-electron chi connectivity index (χ4n) is 2.11. The third kappa shape index (κ3) is 2.37. The van der Waals surface area contributed by atoms with Crippen molar-refractivity contribution in [2.24, 2.45) is 0 Å². The summed E-state index contributed by atoms with van der Waals surface area (Å²) >= 11 is 0. The minimum Gasteiger partial charge on any atom is -0.397 e. The molecule has 6 heteroatoms. The van der Waals surface area contributed by atoms with Crippen LogP contribution in [0, 0.1) is 0 Å². The molecule has 1 aliphatic rings. The minimum atomic E-state index is 0.0372. The number of benzene rings is 1. The zero-order valence-corrected chi connectivity index (χ0v) is 10.3. The second kappa shape index (κ2) is 4.64. The van der Waals surface area contributed by atoms with Crippen molar-refractivity contribution in [3.8, 4) is 0 Å². The molecule has 1 aromatic carbocycles. The molecule has 19 heavy (non-hydrogen) atoms. The Morgan fingerprint density at radius 1 is 1.42 bits per heavy atom. The number of anilines is 3. The van der Waals surface area contributed by atoms with E-state index >= 15 is 0 Å². The van der Waals surface area contributed by atoms with Crippen LogP contribution in [0.4, 0.5) is 17.1 Å². The zero-order chi connectivity index (χ0) is 13.2. The second-order valence-corrected chi connectivity index (χ2v) is 4.49. The lowest BCUT2D eigenvalue weighted by Gasteiger charge is -2.19. The van der Waals surface area contributed by atoms with Gasteiger partial charge in [-0.25, -0.2) is 0 Å². The van der Waals surface area contributed by atoms with Crippen molar-refractivity contribution in [3.63, 3.8) is 0 Å². The van der Waals surface area contributed by atoms with E-state index in [0.29, 0.717) is 18.7 Å². The number of nitrogens with one attached hydrogen (secondary N) is 2. The highest BCUT2D eigenvalue weighted by Crippen LogP contribution is 2.31. The van der Waals surface area contributed by atoms with Gasteiger partial charge in [-0.2, -0.15) is 0 Å². The first-order valence-electron chi connectivity index (χ1n) is 6.08. The van der Waals surface area contributed by atoms with Crippen molar-refractivity contribution < 1.29 is 9.32 Å². The minimum absolute atomic E-state index is 0.0372. The predicted molar refractivity (Wildman–Crippen MR) is 71.6 cm³/mol. The van der Waals surface area contributed by atoms with Crippen LogP contribution in [0.5, 0.6) is 0 Å². The van der Waals surface area contributed by atoms with Crippen LogP contribution in [0.1, 0.15) is 17.7 Å². The molecule has 1 amide bonds. The monoisotopic (exact) mass is 258 g/mol. The Balaban J connectivity index is 1.80. The van der Waals surface area contributed by atoms with Crippen molar-refractivity contribution in [2.45, 2.75) is 19.4 Å². The molecule has 0 fully saturated rings. The lowest BCUT2D eigenvalue weighted by atomic mass is 10.0. The standard InChI is InChI=1S/C13H14N4O2/c14-10-6-11-8(1-2-13(18)16-11)5-12(10)15-7-9-3-4-19-17-9/h3-6,15H,1-2,7,14H2,(H,16,18). The Morgan fingerprint density at radius 2 is 2.32 bits per heavy atom. The molecule has 1 aliphatic heterocycles. The molecule has 98 valence electrons. The molecule has 2 heterocycles. The van der Waals surface area contributed by atoms with Gasteiger partial charge in [0.25, 0.3) is 0 Å². The number of nitrogen functional groups attached to an aromatic ring is 1. The lowest BCUT2D eigenvalue weighted by molar-refractivity contribution is -0.116. The molecule has 0 bridgehead atoms. The van der Waals surface area contributed by atoms with Crippen LogP contribution in [0.15, 0.2) is 29.0 Å². The van der Waals surface area contributed by atoms with Gasteiger partial charge in [0, 0.05) is 18.2 Å². The number of carbonyl (C=O) groups excluding carboxylic acids is 1. The molecule has 3 rings (SSSR count). The summed E-state index contributed by atoms with van der Waals surface area (Å²) < 4.78 is 4.77. The average Bonchev–Trinajstić information content (AvgIpc) is 2.89. The smallest absolute Gasteiger partial charge is 0.224 e. The molecule has 0 atom stereocenters. The number of hydrogen-bond donors (Lipinski definition) is 3. The van der Waals surface area contributed by atoms with E-state index in [1.165, 1.54) is 6.26 Å². The van der Waals surface area contributed by atoms with Crippen LogP contribution in [0.3, 0.4) is 0 Å². The van der Waals surface area contributed by atoms with Crippen LogP contribution in [0.25, 0.3) is 0 Å². The average molecular weight is 258 g/mol. The summed E-state index contributed by atoms with van der Waals surface area (Å²) in [4.78, 5) is 11.3. The molecule has 0 saturated heterocycles. The molecule has 2 aromatic rings. The van der Waals surface area contributed by atoms with E-state index in [-0.39, 0.29) is 5.91 Å². The van der Waals surface area contributed by atoms with Gasteiger partial charge in [-0.15, -0.1) is 0 Å². The zero-order valence-electron chi connectivity index (χ0n) is 10.3. The number of aromatic nitrogens is 1. The van der Waals surface area contributed by atoms with Crippen LogP contribution in [-0.4, -0.2) is 11.1 Å². The van der Waals surface area contributed by atoms with Gasteiger partial charge < -0.3 is 20.9 Å². The van der Waals surface area contributed by atoms with Gasteiger partial charge in [0.2, 0.25) is 5.91 Å². The maximum absolute atomic E-state index is 11.3. The third-order valence-corrected chi connectivity index (χ3v) is 3.12. The van der Waals surface area contributed by atoms with Gasteiger partial charge in [-0.1, -0.05) is 5.16 Å². The Morgan fingerprint density at radius 3 is 3.11 bits per heavy atom. The molecule has 0 spiro atoms. The topological polar surface area (TPSA) is 93.2 Å². The summed E-state index contributed by atoms with van der Waals surface area (Å²) in [7, 11) is 0. The van der Waals surface area contributed by atoms with Gasteiger partial charge >= 0.3 is 0 Å². The van der Waals surface area contributed by atoms with E-state index in [0.717, 1.165) is 29.1 Å². The van der Waals surface area contributed by atoms with Gasteiger partial charge in [0.15, 0.2) is 0 Å². The quantitative estimate of drug-likeness (QED) is 0.729. The third-order valence-electron chi connectivity index (χ3n) is 3.12. The highest BCUT2D eigenvalue weighted by molar-refractivity contribution is 5.95. The number of aryl methyl sites for hydroxylation is 1. The largest absolute Gasteiger partial charge is 0.397 e. The van der Waals surface area contributed by atoms with Crippen molar-refractivity contribution in [1.82, 2.24) is 5.16 Å². The van der Waals surface area contributed by atoms with Crippen molar-refractivity contribution in [1.29, 1.82) is 0 Å². The molecule has 0 radical (unpaired) electrons. The van der Waals surface area contributed by atoms with Gasteiger partial charge in [0.05, 0.1) is 17.9 Å². The Labute approximate surface area is 110 Å². The Hall–Kier alpha value is -2.50. The van der Waals surface area contributed by atoms with Gasteiger partial charge in [0.1, 0.15) is 12.0 Å². The number of amides is 1. The first kappa shape index (κ1) is 11.6. The van der Waals surface area contributed by atoms with E-state index in [9.17, 15) is 4.79 Å². The van der Waals surface area contributed by atoms with Gasteiger partial charge in [-0.05, 0) is 24.1 Å². The number of nitrogens with two attached hydrogens (primary N) is 1. The van der Waals surface area contributed by atoms with Crippen LogP contribution >= 0.6 is 0 Å². The Bertz CT molecular complexity index is 607. The number of hydrogen-bond acceptors (Lipinski definition) is 5. The van der Waals surface area contributed by atoms with Crippen LogP contribution in [-0.2, 0) is 17.8 Å². The number of nitrogens with zero attached hydrogens (tertiary/aromatic N) is 1. The highest BCUT2D eigenvalue weighted by atomic mass is 16.5. The van der Waals surface area contributed by atoms with Crippen LogP contribution in [0.2, 0.25) is 0 Å². The molecular weight excluding hydrogens is 244 g/mol. The fourth-order valence-corrected chi connectivity index (χ4v) is 2.11. The van der Waals surface area contributed by atoms with E-state index in [4.69, 9.17) is 10.3 Å². The molecule has 4 N–H and O–H groups in total. The van der Waals surface area contributed by atoms with Gasteiger partial charge in [-0.3, -0.25) is 4.79 Å². The molecule has 0 aliphatic carbocycles. The molecular formula is C13H14N4O2. The van der Waals surface area contributed by atoms with E-state index < -0.39 is 0 Å². The molecule has 1 aromatic heterocycles. The van der Waals surface area contributed by atoms with Crippen molar-refractivity contribution in [3.05, 3.63) is 35.7 Å². The van der Waals surface area contributed by atoms with Crippen LogP contribution < -0.4 is 16.4 Å². The summed E-state index contributed by atoms with van der Waals surface area (Å²) in [6.45, 7) is 0.547. The number of fused-ring (bicyclic) bond motifs is 1. The molecule has 0 saturated carbocycles. The molecule has 0 unspecified atom stereocenters. The van der Waals surface area contributed by atoms with Crippen molar-refractivity contribution >= 4 is 23.0 Å². The summed E-state index contributed by atoms with van der Waals surface area (Å²) in [5, 5.41) is 9.86. The summed E-state index contributed by atoms with van der Waals surface area (Å²) in [5.74, 6) is 0.0372. The first-order valence-corrected chi connectivity index (χ1v) is 6.08. The number of rotatable bonds is 3.